The van der Waals surface area contributed by atoms with Gasteiger partial charge in [0.2, 0.25) is 5.76 Å². The number of carbonyl (C=O) groups excluding carboxylic acids is 1. The number of carboxylic acids is 1. The molecule has 120 valence electrons. The van der Waals surface area contributed by atoms with Gasteiger partial charge in [-0.2, -0.15) is 0 Å². The van der Waals surface area contributed by atoms with Crippen molar-refractivity contribution in [3.8, 4) is 5.75 Å². The summed E-state index contributed by atoms with van der Waals surface area (Å²) in [7, 11) is 0. The van der Waals surface area contributed by atoms with Crippen molar-refractivity contribution in [3.63, 3.8) is 0 Å². The normalized spacial score (nSPS) is 13.6. The van der Waals surface area contributed by atoms with Crippen LogP contribution in [0.1, 0.15) is 34.0 Å². The highest BCUT2D eigenvalue weighted by molar-refractivity contribution is 6.03. The lowest BCUT2D eigenvalue weighted by Crippen LogP contribution is -2.13. The van der Waals surface area contributed by atoms with Crippen LogP contribution in [0.25, 0.3) is 0 Å². The Hall–Kier alpha value is -2.83. The Morgan fingerprint density at radius 2 is 2.00 bits per heavy atom. The van der Waals surface area contributed by atoms with Crippen molar-refractivity contribution >= 4 is 17.6 Å². The van der Waals surface area contributed by atoms with Crippen LogP contribution < -0.4 is 10.1 Å². The van der Waals surface area contributed by atoms with Crippen molar-refractivity contribution in [2.75, 3.05) is 11.9 Å². The molecule has 23 heavy (non-hydrogen) atoms. The Bertz CT molecular complexity index is 751. The predicted octanol–water partition coefficient (Wildman–Crippen LogP) is 3.16. The third kappa shape index (κ3) is 3.68. The molecule has 0 aliphatic heterocycles. The van der Waals surface area contributed by atoms with E-state index in [1.807, 2.05) is 0 Å². The van der Waals surface area contributed by atoms with Crippen molar-refractivity contribution in [2.45, 2.75) is 12.8 Å². The summed E-state index contributed by atoms with van der Waals surface area (Å²) >= 11 is 0. The predicted molar refractivity (Wildman–Crippen MR) is 78.2 cm³/mol. The number of benzene rings is 1. The van der Waals surface area contributed by atoms with Crippen LogP contribution in [0.3, 0.4) is 0 Å². The molecule has 0 bridgehead atoms. The van der Waals surface area contributed by atoms with E-state index < -0.39 is 17.7 Å². The second-order valence-electron chi connectivity index (χ2n) is 5.32. The van der Waals surface area contributed by atoms with Crippen LogP contribution in [-0.4, -0.2) is 23.6 Å². The largest absolute Gasteiger partial charge is 0.491 e. The molecule has 1 heterocycles. The van der Waals surface area contributed by atoms with E-state index in [1.165, 1.54) is 30.3 Å². The third-order valence-electron chi connectivity index (χ3n) is 3.40. The summed E-state index contributed by atoms with van der Waals surface area (Å²) in [4.78, 5) is 22.8. The summed E-state index contributed by atoms with van der Waals surface area (Å²) in [6, 6.07) is 6.23. The first-order chi connectivity index (χ1) is 11.0. The Morgan fingerprint density at radius 3 is 2.65 bits per heavy atom. The smallest absolute Gasteiger partial charge is 0.371 e. The van der Waals surface area contributed by atoms with Gasteiger partial charge in [-0.3, -0.25) is 4.79 Å². The number of hydrogen-bond donors (Lipinski definition) is 2. The molecule has 0 atom stereocenters. The number of hydrogen-bond acceptors (Lipinski definition) is 4. The average molecular weight is 319 g/mol. The lowest BCUT2D eigenvalue weighted by molar-refractivity contribution is 0.0660. The quantitative estimate of drug-likeness (QED) is 0.854. The number of amides is 1. The molecule has 1 fully saturated rings. The molecule has 1 aliphatic rings. The van der Waals surface area contributed by atoms with Gasteiger partial charge in [0.15, 0.2) is 5.76 Å². The van der Waals surface area contributed by atoms with Gasteiger partial charge in [0.1, 0.15) is 11.6 Å². The first-order valence-electron chi connectivity index (χ1n) is 7.10. The van der Waals surface area contributed by atoms with Gasteiger partial charge in [0.05, 0.1) is 12.3 Å². The Balaban J connectivity index is 1.74. The molecule has 0 spiro atoms. The molecule has 1 aliphatic carbocycles. The fourth-order valence-electron chi connectivity index (χ4n) is 1.97. The maximum atomic E-state index is 13.4. The first kappa shape index (κ1) is 15.1. The van der Waals surface area contributed by atoms with Gasteiger partial charge in [-0.25, -0.2) is 9.18 Å². The average Bonchev–Trinajstić information content (AvgIpc) is 3.20. The minimum absolute atomic E-state index is 0.153. The maximum absolute atomic E-state index is 13.4. The van der Waals surface area contributed by atoms with E-state index >= 15 is 0 Å². The summed E-state index contributed by atoms with van der Waals surface area (Å²) in [6.45, 7) is 0.468. The molecule has 1 aromatic heterocycles. The van der Waals surface area contributed by atoms with Gasteiger partial charge in [0, 0.05) is 6.07 Å². The molecule has 7 heteroatoms. The van der Waals surface area contributed by atoms with E-state index in [0.717, 1.165) is 12.8 Å². The standard InChI is InChI=1S/C16H14FNO5/c17-10-3-4-11(14(7-10)22-8-9-1-2-9)18-15(19)12-5-6-13(23-12)16(20)21/h3-7,9H,1-2,8H2,(H,18,19)(H,20,21). The number of rotatable bonds is 6. The van der Waals surface area contributed by atoms with E-state index in [4.69, 9.17) is 14.3 Å². The van der Waals surface area contributed by atoms with Crippen LogP contribution in [0, 0.1) is 11.7 Å². The Labute approximate surface area is 130 Å². The van der Waals surface area contributed by atoms with Crippen LogP contribution in [0.5, 0.6) is 5.75 Å². The third-order valence-corrected chi connectivity index (χ3v) is 3.40. The van der Waals surface area contributed by atoms with Crippen molar-refractivity contribution in [1.29, 1.82) is 0 Å². The lowest BCUT2D eigenvalue weighted by Gasteiger charge is -2.11. The molecule has 0 unspecified atom stereocenters. The second kappa shape index (κ2) is 6.12. The topological polar surface area (TPSA) is 88.8 Å². The molecule has 0 radical (unpaired) electrons. The fourth-order valence-corrected chi connectivity index (χ4v) is 1.97. The van der Waals surface area contributed by atoms with Crippen LogP contribution in [0.2, 0.25) is 0 Å². The number of furan rings is 1. The highest BCUT2D eigenvalue weighted by Crippen LogP contribution is 2.32. The highest BCUT2D eigenvalue weighted by atomic mass is 19.1. The minimum Gasteiger partial charge on any atom is -0.491 e. The van der Waals surface area contributed by atoms with E-state index in [0.29, 0.717) is 18.2 Å². The summed E-state index contributed by atoms with van der Waals surface area (Å²) < 4.78 is 23.8. The van der Waals surface area contributed by atoms with E-state index in [2.05, 4.69) is 5.32 Å². The minimum atomic E-state index is -1.26. The zero-order valence-electron chi connectivity index (χ0n) is 12.0. The molecule has 6 nitrogen and oxygen atoms in total. The lowest BCUT2D eigenvalue weighted by atomic mass is 10.2. The maximum Gasteiger partial charge on any atom is 0.371 e. The number of anilines is 1. The number of carboxylic acid groups (broad SMARTS) is 1. The zero-order chi connectivity index (χ0) is 16.4. The summed E-state index contributed by atoms with van der Waals surface area (Å²) in [6.07, 6.45) is 2.17. The van der Waals surface area contributed by atoms with Crippen LogP contribution in [0.4, 0.5) is 10.1 Å². The van der Waals surface area contributed by atoms with Crippen molar-refractivity contribution in [2.24, 2.45) is 5.92 Å². The Kier molecular flexibility index (Phi) is 4.01. The van der Waals surface area contributed by atoms with E-state index in [-0.39, 0.29) is 17.3 Å². The molecular weight excluding hydrogens is 305 g/mol. The monoisotopic (exact) mass is 319 g/mol. The number of carbonyl (C=O) groups is 2. The molecule has 2 aromatic rings. The van der Waals surface area contributed by atoms with Crippen LogP contribution in [0.15, 0.2) is 34.7 Å². The number of nitrogens with one attached hydrogen (secondary N) is 1. The zero-order valence-corrected chi connectivity index (χ0v) is 12.0. The van der Waals surface area contributed by atoms with Gasteiger partial charge in [-0.05, 0) is 43.0 Å². The number of aromatic carboxylic acids is 1. The molecular formula is C16H14FNO5. The summed E-state index contributed by atoms with van der Waals surface area (Å²) in [5.41, 5.74) is 0.297. The van der Waals surface area contributed by atoms with Gasteiger partial charge in [0.25, 0.3) is 5.91 Å². The SMILES string of the molecule is O=C(O)c1ccc(C(=O)Nc2ccc(F)cc2OCC2CC2)o1. The number of ether oxygens (including phenoxy) is 1. The van der Waals surface area contributed by atoms with Crippen LogP contribution >= 0.6 is 0 Å². The first-order valence-corrected chi connectivity index (χ1v) is 7.10. The summed E-state index contributed by atoms with van der Waals surface area (Å²) in [5, 5.41) is 11.3. The molecule has 1 amide bonds. The van der Waals surface area contributed by atoms with Gasteiger partial charge >= 0.3 is 5.97 Å². The van der Waals surface area contributed by atoms with E-state index in [9.17, 15) is 14.0 Å². The van der Waals surface area contributed by atoms with Crippen LogP contribution in [-0.2, 0) is 0 Å². The number of halogens is 1. The molecule has 3 rings (SSSR count). The van der Waals surface area contributed by atoms with E-state index in [1.54, 1.807) is 0 Å². The highest BCUT2D eigenvalue weighted by Gasteiger charge is 2.23. The molecule has 2 N–H and O–H groups in total. The Morgan fingerprint density at radius 1 is 1.26 bits per heavy atom. The molecule has 1 saturated carbocycles. The van der Waals surface area contributed by atoms with Crippen molar-refractivity contribution < 1.29 is 28.2 Å². The van der Waals surface area contributed by atoms with Gasteiger partial charge in [-0.1, -0.05) is 0 Å². The molecule has 1 aromatic carbocycles. The second-order valence-corrected chi connectivity index (χ2v) is 5.32. The van der Waals surface area contributed by atoms with Gasteiger partial charge < -0.3 is 19.6 Å². The van der Waals surface area contributed by atoms with Gasteiger partial charge in [-0.15, -0.1) is 0 Å². The van der Waals surface area contributed by atoms with Crippen molar-refractivity contribution in [1.82, 2.24) is 0 Å². The fraction of sp³-hybridized carbons (Fsp3) is 0.250. The molecule has 0 saturated heterocycles. The summed E-state index contributed by atoms with van der Waals surface area (Å²) in [5.74, 6) is -2.15. The van der Waals surface area contributed by atoms with Crippen molar-refractivity contribution in [3.05, 3.63) is 47.7 Å².